The molecule has 39 heavy (non-hydrogen) atoms. The molecule has 0 aliphatic carbocycles. The van der Waals surface area contributed by atoms with Crippen molar-refractivity contribution in [1.29, 1.82) is 5.26 Å². The first-order chi connectivity index (χ1) is 18.9. The van der Waals surface area contributed by atoms with Crippen LogP contribution in [0.3, 0.4) is 0 Å². The van der Waals surface area contributed by atoms with E-state index in [2.05, 4.69) is 38.3 Å². The van der Waals surface area contributed by atoms with Crippen LogP contribution < -0.4 is 20.7 Å². The number of fused-ring (bicyclic) bond motifs is 1. The monoisotopic (exact) mass is 534 g/mol. The van der Waals surface area contributed by atoms with Crippen LogP contribution in [0.4, 0.5) is 26.1 Å². The molecule has 12 heteroatoms. The molecule has 4 heterocycles. The van der Waals surface area contributed by atoms with Gasteiger partial charge in [-0.3, -0.25) is 4.98 Å². The molecule has 3 aromatic heterocycles. The summed E-state index contributed by atoms with van der Waals surface area (Å²) in [6.07, 6.45) is 5.16. The molecule has 0 radical (unpaired) electrons. The van der Waals surface area contributed by atoms with Gasteiger partial charge in [-0.1, -0.05) is 6.92 Å². The molecular formula is C27H28F2N8O2. The Morgan fingerprint density at radius 1 is 1.18 bits per heavy atom. The number of pyridine rings is 1. The normalized spacial score (nSPS) is 19.2. The molecular weight excluding hydrogens is 506 g/mol. The zero-order valence-corrected chi connectivity index (χ0v) is 21.5. The number of benzene rings is 1. The number of methoxy groups -OCH3 is 1. The molecule has 0 bridgehead atoms. The second-order valence-corrected chi connectivity index (χ2v) is 9.41. The van der Waals surface area contributed by atoms with E-state index in [-0.39, 0.29) is 35.1 Å². The molecule has 4 aromatic rings. The summed E-state index contributed by atoms with van der Waals surface area (Å²) in [5.74, 6) is -1.01. The maximum absolute atomic E-state index is 14.7. The van der Waals surface area contributed by atoms with Gasteiger partial charge in [0.1, 0.15) is 17.4 Å². The fraction of sp³-hybridized carbons (Fsp3) is 0.333. The van der Waals surface area contributed by atoms with Crippen LogP contribution in [0.15, 0.2) is 48.9 Å². The maximum Gasteiger partial charge on any atom is 0.229 e. The number of nitrogens with one attached hydrogen (secondary N) is 1. The van der Waals surface area contributed by atoms with Crippen LogP contribution in [0.1, 0.15) is 13.3 Å². The van der Waals surface area contributed by atoms with Gasteiger partial charge in [0.05, 0.1) is 72.9 Å². The Hall–Kier alpha value is -4.34. The van der Waals surface area contributed by atoms with Crippen molar-refractivity contribution in [3.8, 4) is 23.1 Å². The number of anilines is 3. The Balaban J connectivity index is 1.42. The van der Waals surface area contributed by atoms with Crippen molar-refractivity contribution in [2.75, 3.05) is 37.0 Å². The molecule has 10 nitrogen and oxygen atoms in total. The largest absolute Gasteiger partial charge is 0.497 e. The highest BCUT2D eigenvalue weighted by Gasteiger charge is 2.34. The highest BCUT2D eigenvalue weighted by molar-refractivity contribution is 5.74. The average molecular weight is 535 g/mol. The number of nitriles is 1. The number of nitrogens with zero attached hydrogens (tertiary/aromatic N) is 6. The van der Waals surface area contributed by atoms with Gasteiger partial charge in [-0.15, -0.1) is 0 Å². The zero-order valence-electron chi connectivity index (χ0n) is 21.5. The Kier molecular flexibility index (Phi) is 7.53. The number of halogens is 2. The fourth-order valence-corrected chi connectivity index (χ4v) is 4.93. The molecule has 1 aromatic carbocycles. The summed E-state index contributed by atoms with van der Waals surface area (Å²) in [6.45, 7) is 3.65. The molecule has 3 atom stereocenters. The zero-order chi connectivity index (χ0) is 27.5. The second-order valence-electron chi connectivity index (χ2n) is 9.41. The van der Waals surface area contributed by atoms with E-state index < -0.39 is 11.6 Å². The minimum Gasteiger partial charge on any atom is -0.497 e. The first-order valence-electron chi connectivity index (χ1n) is 12.5. The van der Waals surface area contributed by atoms with Gasteiger partial charge >= 0.3 is 0 Å². The van der Waals surface area contributed by atoms with Crippen molar-refractivity contribution in [1.82, 2.24) is 19.6 Å². The highest BCUT2D eigenvalue weighted by atomic mass is 19.1. The molecule has 202 valence electrons. The Labute approximate surface area is 224 Å². The van der Waals surface area contributed by atoms with E-state index in [4.69, 9.17) is 20.5 Å². The molecule has 1 fully saturated rings. The third-order valence-electron chi connectivity index (χ3n) is 6.72. The first-order valence-corrected chi connectivity index (χ1v) is 12.5. The molecule has 1 aliphatic rings. The van der Waals surface area contributed by atoms with Crippen LogP contribution in [0.2, 0.25) is 0 Å². The van der Waals surface area contributed by atoms with Gasteiger partial charge in [-0.05, 0) is 18.2 Å². The minimum absolute atomic E-state index is 0.0794. The summed E-state index contributed by atoms with van der Waals surface area (Å²) < 4.78 is 41.8. The lowest BCUT2D eigenvalue weighted by atomic mass is 9.92. The van der Waals surface area contributed by atoms with Crippen LogP contribution in [0.25, 0.3) is 16.8 Å². The first kappa shape index (κ1) is 26.3. The number of ether oxygens (including phenoxy) is 2. The number of piperidine rings is 1. The minimum atomic E-state index is -0.784. The highest BCUT2D eigenvalue weighted by Crippen LogP contribution is 2.33. The van der Waals surface area contributed by atoms with Crippen LogP contribution in [-0.4, -0.2) is 58.5 Å². The van der Waals surface area contributed by atoms with Crippen molar-refractivity contribution >= 4 is 22.8 Å². The number of hydrogen-bond acceptors (Lipinski definition) is 9. The van der Waals surface area contributed by atoms with Crippen molar-refractivity contribution in [2.24, 2.45) is 11.7 Å². The molecule has 0 spiro atoms. The predicted octanol–water partition coefficient (Wildman–Crippen LogP) is 3.90. The van der Waals surface area contributed by atoms with Gasteiger partial charge < -0.3 is 25.4 Å². The van der Waals surface area contributed by atoms with E-state index in [0.717, 1.165) is 17.8 Å². The van der Waals surface area contributed by atoms with Gasteiger partial charge in [0, 0.05) is 43.4 Å². The number of nitrogens with two attached hydrogens (primary N) is 1. The van der Waals surface area contributed by atoms with E-state index in [0.29, 0.717) is 43.3 Å². The standard InChI is InChI=1S/C27H28F2N8O2/c1-16-14-36(15-21(31)26(16)39-9-3-7-30)24-6-8-32-13-23(24)34-27-33-12-17-4-5-22(35-37(17)27)25-19(28)10-18(38-2)11-20(25)29/h4-6,8,10-13,16,21,26H,3,9,14-15,31H2,1-2H3,(H,33,34)/t16-,21+,26-/m0/s1. The summed E-state index contributed by atoms with van der Waals surface area (Å²) in [7, 11) is 1.34. The predicted molar refractivity (Wildman–Crippen MR) is 142 cm³/mol. The summed E-state index contributed by atoms with van der Waals surface area (Å²) in [5.41, 5.74) is 8.48. The fourth-order valence-electron chi connectivity index (χ4n) is 4.93. The molecule has 5 rings (SSSR count). The summed E-state index contributed by atoms with van der Waals surface area (Å²) in [4.78, 5) is 10.8. The third kappa shape index (κ3) is 5.32. The van der Waals surface area contributed by atoms with Gasteiger partial charge in [0.2, 0.25) is 5.95 Å². The van der Waals surface area contributed by atoms with Crippen LogP contribution in [0.5, 0.6) is 5.75 Å². The number of aromatic nitrogens is 4. The lowest BCUT2D eigenvalue weighted by Gasteiger charge is -2.42. The van der Waals surface area contributed by atoms with Gasteiger partial charge in [0.15, 0.2) is 0 Å². The third-order valence-corrected chi connectivity index (χ3v) is 6.72. The molecule has 0 unspecified atom stereocenters. The maximum atomic E-state index is 14.7. The van der Waals surface area contributed by atoms with Gasteiger partial charge in [-0.25, -0.2) is 13.8 Å². The SMILES string of the molecule is COc1cc(F)c(-c2ccc3cnc(Nc4cnccc4N4C[C@@H](N)[C@@H](OCCC#N)[C@@H](C)C4)n3n2)c(F)c1. The van der Waals surface area contributed by atoms with Crippen LogP contribution in [-0.2, 0) is 4.74 Å². The Bertz CT molecular complexity index is 1490. The summed E-state index contributed by atoms with van der Waals surface area (Å²) in [5, 5.41) is 16.5. The lowest BCUT2D eigenvalue weighted by molar-refractivity contribution is -0.00331. The van der Waals surface area contributed by atoms with Crippen molar-refractivity contribution in [3.63, 3.8) is 0 Å². The van der Waals surface area contributed by atoms with Crippen molar-refractivity contribution in [3.05, 3.63) is 60.6 Å². The quantitative estimate of drug-likeness (QED) is 0.324. The second kappa shape index (κ2) is 11.2. The van der Waals surface area contributed by atoms with Gasteiger partial charge in [-0.2, -0.15) is 14.9 Å². The van der Waals surface area contributed by atoms with Crippen LogP contribution >= 0.6 is 0 Å². The Morgan fingerprint density at radius 3 is 2.69 bits per heavy atom. The van der Waals surface area contributed by atoms with Crippen LogP contribution in [0, 0.1) is 28.9 Å². The summed E-state index contributed by atoms with van der Waals surface area (Å²) >= 11 is 0. The summed E-state index contributed by atoms with van der Waals surface area (Å²) in [6, 6.07) is 9.17. The van der Waals surface area contributed by atoms with Crippen molar-refractivity contribution in [2.45, 2.75) is 25.5 Å². The van der Waals surface area contributed by atoms with Crippen molar-refractivity contribution < 1.29 is 18.3 Å². The average Bonchev–Trinajstić information content (AvgIpc) is 3.32. The molecule has 1 saturated heterocycles. The van der Waals surface area contributed by atoms with E-state index in [1.165, 1.54) is 17.7 Å². The molecule has 0 amide bonds. The smallest absolute Gasteiger partial charge is 0.229 e. The topological polar surface area (TPSA) is 127 Å². The Morgan fingerprint density at radius 2 is 1.97 bits per heavy atom. The van der Waals surface area contributed by atoms with E-state index in [1.807, 2.05) is 6.07 Å². The van der Waals surface area contributed by atoms with E-state index in [1.54, 1.807) is 24.7 Å². The number of hydrogen-bond donors (Lipinski definition) is 2. The number of rotatable bonds is 8. The van der Waals surface area contributed by atoms with Gasteiger partial charge in [0.25, 0.3) is 0 Å². The van der Waals surface area contributed by atoms with E-state index in [9.17, 15) is 8.78 Å². The molecule has 1 aliphatic heterocycles. The molecule has 3 N–H and O–H groups in total. The molecule has 0 saturated carbocycles. The lowest BCUT2D eigenvalue weighted by Crippen LogP contribution is -2.56. The van der Waals surface area contributed by atoms with E-state index >= 15 is 0 Å². The number of imidazole rings is 1.